The lowest BCUT2D eigenvalue weighted by molar-refractivity contribution is 0.483. The molecular weight excluding hydrogens is 392 g/mol. The van der Waals surface area contributed by atoms with Crippen molar-refractivity contribution in [1.29, 1.82) is 0 Å². The maximum atomic E-state index is 14.9. The van der Waals surface area contributed by atoms with Crippen molar-refractivity contribution in [3.63, 3.8) is 0 Å². The SMILES string of the molecule is Cc1cn2cc(-c3nc(=O)n4cc(N5CCN[C@@H](C)C5)cc(F)c4n3)cc(F)c2n1. The standard InChI is InChI=1S/C20H19F2N7O/c1-11-7-27(4-3-23-11)14-6-16(22)19-25-17(26-20(30)29(19)10-14)13-5-15(21)18-24-12(2)8-28(18)9-13/h5-6,8-11,23H,3-4,7H2,1-2H3/t11-/m0/s1. The summed E-state index contributed by atoms with van der Waals surface area (Å²) in [6.07, 6.45) is 4.76. The summed E-state index contributed by atoms with van der Waals surface area (Å²) < 4.78 is 31.9. The smallest absolute Gasteiger partial charge is 0.355 e. The molecule has 0 amide bonds. The normalized spacial score (nSPS) is 17.2. The molecule has 5 rings (SSSR count). The van der Waals surface area contributed by atoms with Gasteiger partial charge in [-0.2, -0.15) is 4.98 Å². The molecule has 10 heteroatoms. The highest BCUT2D eigenvalue weighted by Crippen LogP contribution is 2.22. The van der Waals surface area contributed by atoms with Crippen LogP contribution < -0.4 is 15.9 Å². The summed E-state index contributed by atoms with van der Waals surface area (Å²) in [5.74, 6) is -1.26. The number of halogens is 2. The van der Waals surface area contributed by atoms with E-state index < -0.39 is 17.3 Å². The van der Waals surface area contributed by atoms with Crippen LogP contribution in [0.3, 0.4) is 0 Å². The third kappa shape index (κ3) is 3.09. The number of rotatable bonds is 2. The van der Waals surface area contributed by atoms with Crippen LogP contribution in [0, 0.1) is 18.6 Å². The second-order valence-corrected chi connectivity index (χ2v) is 7.56. The van der Waals surface area contributed by atoms with Crippen molar-refractivity contribution >= 4 is 17.0 Å². The minimum Gasteiger partial charge on any atom is -0.367 e. The number of hydrogen-bond acceptors (Lipinski definition) is 6. The van der Waals surface area contributed by atoms with Crippen LogP contribution in [0.4, 0.5) is 14.5 Å². The Bertz CT molecular complexity index is 1350. The summed E-state index contributed by atoms with van der Waals surface area (Å²) in [7, 11) is 0. The van der Waals surface area contributed by atoms with Crippen LogP contribution in [-0.2, 0) is 0 Å². The first-order valence-corrected chi connectivity index (χ1v) is 9.62. The van der Waals surface area contributed by atoms with Crippen molar-refractivity contribution in [2.24, 2.45) is 0 Å². The van der Waals surface area contributed by atoms with E-state index in [1.165, 1.54) is 16.5 Å². The number of pyridine rings is 2. The Morgan fingerprint density at radius 1 is 1.07 bits per heavy atom. The van der Waals surface area contributed by atoms with Gasteiger partial charge in [0, 0.05) is 55.9 Å². The van der Waals surface area contributed by atoms with Gasteiger partial charge in [-0.3, -0.25) is 0 Å². The Morgan fingerprint density at radius 3 is 2.67 bits per heavy atom. The van der Waals surface area contributed by atoms with Gasteiger partial charge in [-0.15, -0.1) is 0 Å². The average Bonchev–Trinajstić information content (AvgIpc) is 3.09. The molecule has 1 N–H and O–H groups in total. The molecule has 1 aliphatic rings. The molecule has 4 aromatic heterocycles. The monoisotopic (exact) mass is 411 g/mol. The largest absolute Gasteiger partial charge is 0.367 e. The molecule has 0 aliphatic carbocycles. The van der Waals surface area contributed by atoms with Crippen LogP contribution in [-0.4, -0.2) is 49.4 Å². The zero-order valence-corrected chi connectivity index (χ0v) is 16.4. The Labute approximate surface area is 169 Å². The number of aromatic nitrogens is 5. The molecule has 30 heavy (non-hydrogen) atoms. The topological polar surface area (TPSA) is 79.8 Å². The first kappa shape index (κ1) is 18.6. The molecule has 0 spiro atoms. The fourth-order valence-corrected chi connectivity index (χ4v) is 3.83. The zero-order chi connectivity index (χ0) is 21.0. The fraction of sp³-hybridized carbons (Fsp3) is 0.300. The molecule has 5 heterocycles. The van der Waals surface area contributed by atoms with Crippen molar-refractivity contribution in [3.05, 3.63) is 58.5 Å². The first-order chi connectivity index (χ1) is 14.4. The summed E-state index contributed by atoms with van der Waals surface area (Å²) in [6, 6.07) is 2.82. The number of hydrogen-bond donors (Lipinski definition) is 1. The van der Waals surface area contributed by atoms with Crippen LogP contribution >= 0.6 is 0 Å². The molecule has 0 unspecified atom stereocenters. The zero-order valence-electron chi connectivity index (χ0n) is 16.4. The maximum absolute atomic E-state index is 14.9. The van der Waals surface area contributed by atoms with E-state index in [0.717, 1.165) is 10.9 Å². The lowest BCUT2D eigenvalue weighted by atomic mass is 10.2. The van der Waals surface area contributed by atoms with Crippen molar-refractivity contribution in [2.75, 3.05) is 24.5 Å². The van der Waals surface area contributed by atoms with Gasteiger partial charge < -0.3 is 14.6 Å². The van der Waals surface area contributed by atoms with Gasteiger partial charge in [0.1, 0.15) is 0 Å². The van der Waals surface area contributed by atoms with Crippen molar-refractivity contribution < 1.29 is 8.78 Å². The molecule has 0 bridgehead atoms. The number of aryl methyl sites for hydroxylation is 1. The number of piperazine rings is 1. The van der Waals surface area contributed by atoms with E-state index in [1.54, 1.807) is 25.5 Å². The van der Waals surface area contributed by atoms with Crippen LogP contribution in [0.15, 0.2) is 35.5 Å². The highest BCUT2D eigenvalue weighted by atomic mass is 19.1. The second kappa shape index (κ2) is 6.84. The van der Waals surface area contributed by atoms with Crippen molar-refractivity contribution in [3.8, 4) is 11.4 Å². The summed E-state index contributed by atoms with van der Waals surface area (Å²) in [5, 5.41) is 3.32. The predicted octanol–water partition coefficient (Wildman–Crippen LogP) is 1.79. The van der Waals surface area contributed by atoms with E-state index in [2.05, 4.69) is 20.3 Å². The van der Waals surface area contributed by atoms with E-state index in [4.69, 9.17) is 0 Å². The predicted molar refractivity (Wildman–Crippen MR) is 108 cm³/mol. The molecular formula is C20H19F2N7O. The van der Waals surface area contributed by atoms with Gasteiger partial charge in [0.05, 0.1) is 11.4 Å². The third-order valence-electron chi connectivity index (χ3n) is 5.22. The Kier molecular flexibility index (Phi) is 4.24. The molecule has 4 aromatic rings. The van der Waals surface area contributed by atoms with Crippen molar-refractivity contribution in [2.45, 2.75) is 19.9 Å². The molecule has 154 valence electrons. The Balaban J connectivity index is 1.63. The van der Waals surface area contributed by atoms with Gasteiger partial charge in [0.2, 0.25) is 0 Å². The van der Waals surface area contributed by atoms with E-state index in [0.29, 0.717) is 24.5 Å². The third-order valence-corrected chi connectivity index (χ3v) is 5.22. The van der Waals surface area contributed by atoms with Crippen LogP contribution in [0.5, 0.6) is 0 Å². The lowest BCUT2D eigenvalue weighted by Crippen LogP contribution is -2.49. The minimum absolute atomic E-state index is 0.0467. The van der Waals surface area contributed by atoms with Crippen LogP contribution in [0.2, 0.25) is 0 Å². The van der Waals surface area contributed by atoms with Gasteiger partial charge in [-0.25, -0.2) is 27.9 Å². The molecule has 0 radical (unpaired) electrons. The number of imidazole rings is 1. The highest BCUT2D eigenvalue weighted by Gasteiger charge is 2.19. The quantitative estimate of drug-likeness (QED) is 0.542. The summed E-state index contributed by atoms with van der Waals surface area (Å²) >= 11 is 0. The van der Waals surface area contributed by atoms with E-state index in [1.807, 2.05) is 11.8 Å². The second-order valence-electron chi connectivity index (χ2n) is 7.56. The molecule has 1 saturated heterocycles. The molecule has 1 fully saturated rings. The number of nitrogens with one attached hydrogen (secondary N) is 1. The number of nitrogens with zero attached hydrogens (tertiary/aromatic N) is 6. The lowest BCUT2D eigenvalue weighted by Gasteiger charge is -2.33. The average molecular weight is 411 g/mol. The molecule has 1 atom stereocenters. The highest BCUT2D eigenvalue weighted by molar-refractivity contribution is 5.61. The fourth-order valence-electron chi connectivity index (χ4n) is 3.83. The molecule has 0 saturated carbocycles. The Morgan fingerprint density at radius 2 is 1.87 bits per heavy atom. The van der Waals surface area contributed by atoms with Gasteiger partial charge in [0.15, 0.2) is 28.8 Å². The number of anilines is 1. The van der Waals surface area contributed by atoms with Gasteiger partial charge in [-0.05, 0) is 19.9 Å². The molecule has 1 aliphatic heterocycles. The maximum Gasteiger partial charge on any atom is 0.355 e. The van der Waals surface area contributed by atoms with Crippen LogP contribution in [0.25, 0.3) is 22.7 Å². The van der Waals surface area contributed by atoms with Crippen LogP contribution in [0.1, 0.15) is 12.6 Å². The number of fused-ring (bicyclic) bond motifs is 2. The minimum atomic E-state index is -0.679. The molecule has 0 aromatic carbocycles. The molecule has 8 nitrogen and oxygen atoms in total. The summed E-state index contributed by atoms with van der Waals surface area (Å²) in [6.45, 7) is 5.96. The van der Waals surface area contributed by atoms with E-state index in [-0.39, 0.29) is 28.7 Å². The van der Waals surface area contributed by atoms with E-state index in [9.17, 15) is 13.6 Å². The Hall–Kier alpha value is -3.40. The van der Waals surface area contributed by atoms with Gasteiger partial charge in [-0.1, -0.05) is 0 Å². The van der Waals surface area contributed by atoms with E-state index >= 15 is 0 Å². The summed E-state index contributed by atoms with van der Waals surface area (Å²) in [4.78, 5) is 27.0. The first-order valence-electron chi connectivity index (χ1n) is 9.62. The van der Waals surface area contributed by atoms with Gasteiger partial charge >= 0.3 is 5.69 Å². The van der Waals surface area contributed by atoms with Crippen molar-refractivity contribution in [1.82, 2.24) is 29.1 Å². The van der Waals surface area contributed by atoms with Gasteiger partial charge in [0.25, 0.3) is 0 Å². The summed E-state index contributed by atoms with van der Waals surface area (Å²) in [5.41, 5.74) is 0.825.